The highest BCUT2D eigenvalue weighted by Gasteiger charge is 2.38. The number of hydrogen-bond acceptors (Lipinski definition) is 7. The van der Waals surface area contributed by atoms with Crippen molar-refractivity contribution in [1.82, 2.24) is 9.97 Å². The van der Waals surface area contributed by atoms with Gasteiger partial charge in [-0.05, 0) is 69.2 Å². The van der Waals surface area contributed by atoms with Crippen molar-refractivity contribution in [1.29, 1.82) is 10.5 Å². The van der Waals surface area contributed by atoms with Crippen molar-refractivity contribution in [3.8, 4) is 23.3 Å². The number of aryl methyl sites for hydroxylation is 1. The minimum absolute atomic E-state index is 0.312. The van der Waals surface area contributed by atoms with Gasteiger partial charge >= 0.3 is 0 Å². The molecule has 3 aromatic rings. The second-order valence-electron chi connectivity index (χ2n) is 9.71. The quantitative estimate of drug-likeness (QED) is 0.583. The first-order chi connectivity index (χ1) is 16.5. The molecular formula is C27H26N6O2. The highest BCUT2D eigenvalue weighted by molar-refractivity contribution is 6.04. The van der Waals surface area contributed by atoms with Crippen LogP contribution in [0.4, 0.5) is 11.5 Å². The molecule has 35 heavy (non-hydrogen) atoms. The van der Waals surface area contributed by atoms with Gasteiger partial charge in [-0.2, -0.15) is 10.5 Å². The van der Waals surface area contributed by atoms with Crippen molar-refractivity contribution < 1.29 is 9.90 Å². The van der Waals surface area contributed by atoms with E-state index in [1.165, 1.54) is 6.20 Å². The highest BCUT2D eigenvalue weighted by Crippen LogP contribution is 2.33. The number of β-amino-alcohol motifs (C(OH)–C–C–N with tert-alkyl or cyclic N) is 1. The molecular weight excluding hydrogens is 440 g/mol. The second kappa shape index (κ2) is 8.83. The summed E-state index contributed by atoms with van der Waals surface area (Å²) in [6.45, 7) is 8.06. The van der Waals surface area contributed by atoms with Crippen LogP contribution in [0.3, 0.4) is 0 Å². The zero-order valence-corrected chi connectivity index (χ0v) is 20.1. The molecule has 0 bridgehead atoms. The third-order valence-electron chi connectivity index (χ3n) is 6.10. The maximum atomic E-state index is 12.9. The molecule has 8 nitrogen and oxygen atoms in total. The fourth-order valence-electron chi connectivity index (χ4n) is 4.05. The topological polar surface area (TPSA) is 126 Å². The van der Waals surface area contributed by atoms with E-state index in [0.717, 1.165) is 16.7 Å². The number of amides is 1. The second-order valence-corrected chi connectivity index (χ2v) is 9.71. The first kappa shape index (κ1) is 23.9. The van der Waals surface area contributed by atoms with Crippen LogP contribution in [0.5, 0.6) is 0 Å². The maximum Gasteiger partial charge on any atom is 0.255 e. The molecule has 2 aromatic heterocycles. The van der Waals surface area contributed by atoms with Crippen molar-refractivity contribution in [2.75, 3.05) is 23.3 Å². The van der Waals surface area contributed by atoms with E-state index in [4.69, 9.17) is 0 Å². The number of aromatic nitrogens is 2. The number of nitrogens with zero attached hydrogens (tertiary/aromatic N) is 5. The predicted molar refractivity (Wildman–Crippen MR) is 133 cm³/mol. The fraction of sp³-hybridized carbons (Fsp3) is 0.296. The smallest absolute Gasteiger partial charge is 0.255 e. The fourth-order valence-corrected chi connectivity index (χ4v) is 4.05. The molecule has 0 unspecified atom stereocenters. The average Bonchev–Trinajstić information content (AvgIpc) is 2.83. The van der Waals surface area contributed by atoms with Crippen LogP contribution in [0.15, 0.2) is 48.8 Å². The zero-order chi connectivity index (χ0) is 25.4. The summed E-state index contributed by atoms with van der Waals surface area (Å²) in [4.78, 5) is 23.5. The van der Waals surface area contributed by atoms with Crippen LogP contribution < -0.4 is 10.2 Å². The van der Waals surface area contributed by atoms with Crippen molar-refractivity contribution in [2.45, 2.75) is 38.7 Å². The first-order valence-electron chi connectivity index (χ1n) is 11.2. The maximum absolute atomic E-state index is 12.9. The van der Waals surface area contributed by atoms with Crippen LogP contribution in [-0.4, -0.2) is 39.7 Å². The molecule has 0 saturated carbocycles. The summed E-state index contributed by atoms with van der Waals surface area (Å²) in [6, 6.07) is 15.0. The van der Waals surface area contributed by atoms with Crippen molar-refractivity contribution >= 4 is 17.4 Å². The van der Waals surface area contributed by atoms with Crippen LogP contribution in [0.1, 0.15) is 48.0 Å². The Balaban J connectivity index is 1.60. The lowest BCUT2D eigenvalue weighted by atomic mass is 9.90. The molecule has 2 N–H and O–H groups in total. The molecule has 0 atom stereocenters. The standard InChI is InChI=1S/C27H26N6O2/c1-17-5-6-21(32-25(34)18-7-8-30-23(10-18)26(2,3)14-29)11-22(17)20-9-19(12-28)24(31-13-20)33-15-27(4,35)16-33/h5-11,13,35H,15-16H2,1-4H3,(H,32,34). The third-order valence-corrected chi connectivity index (χ3v) is 6.10. The summed E-state index contributed by atoms with van der Waals surface area (Å²) in [5.74, 6) is 0.242. The SMILES string of the molecule is Cc1ccc(NC(=O)c2ccnc(C(C)(C)C#N)c2)cc1-c1cnc(N2CC(C)(O)C2)c(C#N)c1. The molecule has 1 saturated heterocycles. The third kappa shape index (κ3) is 4.84. The van der Waals surface area contributed by atoms with Gasteiger partial charge in [0, 0.05) is 42.3 Å². The van der Waals surface area contributed by atoms with Crippen molar-refractivity contribution in [2.24, 2.45) is 0 Å². The molecule has 1 aliphatic heterocycles. The summed E-state index contributed by atoms with van der Waals surface area (Å²) < 4.78 is 0. The van der Waals surface area contributed by atoms with E-state index in [9.17, 15) is 20.4 Å². The number of carbonyl (C=O) groups is 1. The number of aliphatic hydroxyl groups is 1. The number of rotatable bonds is 5. The lowest BCUT2D eigenvalue weighted by molar-refractivity contribution is 0.0305. The molecule has 0 spiro atoms. The van der Waals surface area contributed by atoms with E-state index >= 15 is 0 Å². The Morgan fingerprint density at radius 2 is 1.91 bits per heavy atom. The highest BCUT2D eigenvalue weighted by atomic mass is 16.3. The van der Waals surface area contributed by atoms with Gasteiger partial charge in [-0.3, -0.25) is 9.78 Å². The molecule has 8 heteroatoms. The van der Waals surface area contributed by atoms with Gasteiger partial charge in [-0.15, -0.1) is 0 Å². The molecule has 1 amide bonds. The minimum Gasteiger partial charge on any atom is -0.386 e. The average molecular weight is 467 g/mol. The molecule has 4 rings (SSSR count). The number of benzene rings is 1. The number of pyridine rings is 2. The van der Waals surface area contributed by atoms with Crippen LogP contribution in [0.25, 0.3) is 11.1 Å². The van der Waals surface area contributed by atoms with Gasteiger partial charge in [0.25, 0.3) is 5.91 Å². The number of hydrogen-bond donors (Lipinski definition) is 2. The van der Waals surface area contributed by atoms with Gasteiger partial charge in [0.2, 0.25) is 0 Å². The van der Waals surface area contributed by atoms with E-state index < -0.39 is 11.0 Å². The van der Waals surface area contributed by atoms with Gasteiger partial charge in [0.1, 0.15) is 11.9 Å². The molecule has 3 heterocycles. The number of nitrogens with one attached hydrogen (secondary N) is 1. The summed E-state index contributed by atoms with van der Waals surface area (Å²) in [6.07, 6.45) is 3.23. The van der Waals surface area contributed by atoms with Crippen molar-refractivity contribution in [3.63, 3.8) is 0 Å². The van der Waals surface area contributed by atoms with Gasteiger partial charge in [-0.25, -0.2) is 4.98 Å². The van der Waals surface area contributed by atoms with Gasteiger partial charge in [-0.1, -0.05) is 6.07 Å². The summed E-state index contributed by atoms with van der Waals surface area (Å²) in [7, 11) is 0. The van der Waals surface area contributed by atoms with Crippen LogP contribution in [-0.2, 0) is 5.41 Å². The Hall–Kier alpha value is -4.27. The predicted octanol–water partition coefficient (Wildman–Crippen LogP) is 3.95. The van der Waals surface area contributed by atoms with Gasteiger partial charge < -0.3 is 15.3 Å². The molecule has 176 valence electrons. The molecule has 0 radical (unpaired) electrons. The first-order valence-corrected chi connectivity index (χ1v) is 11.2. The minimum atomic E-state index is -0.809. The van der Waals surface area contributed by atoms with E-state index in [-0.39, 0.29) is 5.91 Å². The number of anilines is 2. The van der Waals surface area contributed by atoms with E-state index in [1.54, 1.807) is 45.2 Å². The Morgan fingerprint density at radius 1 is 1.17 bits per heavy atom. The van der Waals surface area contributed by atoms with Gasteiger partial charge in [0.15, 0.2) is 0 Å². The number of nitriles is 2. The van der Waals surface area contributed by atoms with Crippen LogP contribution in [0.2, 0.25) is 0 Å². The van der Waals surface area contributed by atoms with Crippen molar-refractivity contribution in [3.05, 3.63) is 71.2 Å². The Kier molecular flexibility index (Phi) is 6.02. The van der Waals surface area contributed by atoms with E-state index in [0.29, 0.717) is 41.4 Å². The van der Waals surface area contributed by atoms with E-state index in [1.807, 2.05) is 30.0 Å². The Labute approximate surface area is 204 Å². The van der Waals surface area contributed by atoms with Crippen LogP contribution in [0, 0.1) is 29.6 Å². The largest absolute Gasteiger partial charge is 0.386 e. The lowest BCUT2D eigenvalue weighted by Crippen LogP contribution is -2.60. The van der Waals surface area contributed by atoms with Gasteiger partial charge in [0.05, 0.1) is 28.3 Å². The number of carbonyl (C=O) groups excluding carboxylic acids is 1. The molecule has 0 aliphatic carbocycles. The Bertz CT molecular complexity index is 1390. The normalized spacial score (nSPS) is 14.4. The molecule has 1 aliphatic rings. The zero-order valence-electron chi connectivity index (χ0n) is 20.1. The molecule has 1 fully saturated rings. The monoisotopic (exact) mass is 466 g/mol. The summed E-state index contributed by atoms with van der Waals surface area (Å²) in [5.41, 5.74) is 2.94. The summed E-state index contributed by atoms with van der Waals surface area (Å²) in [5, 5.41) is 32.0. The van der Waals surface area contributed by atoms with E-state index in [2.05, 4.69) is 27.4 Å². The lowest BCUT2D eigenvalue weighted by Gasteiger charge is -2.45. The summed E-state index contributed by atoms with van der Waals surface area (Å²) >= 11 is 0. The van der Waals surface area contributed by atoms with Crippen LogP contribution >= 0.6 is 0 Å². The molecule has 1 aromatic carbocycles. The Morgan fingerprint density at radius 3 is 2.57 bits per heavy atom.